The minimum absolute atomic E-state index is 0.0477. The number of pyridine rings is 1. The summed E-state index contributed by atoms with van der Waals surface area (Å²) in [5, 5.41) is 14.3. The van der Waals surface area contributed by atoms with Crippen molar-refractivity contribution in [3.63, 3.8) is 0 Å². The van der Waals surface area contributed by atoms with Crippen molar-refractivity contribution in [3.8, 4) is 11.3 Å². The Hall–Kier alpha value is -2.69. The number of hydrogen-bond acceptors (Lipinski definition) is 3. The molecule has 0 atom stereocenters. The molecule has 0 aliphatic rings. The van der Waals surface area contributed by atoms with Gasteiger partial charge in [0.05, 0.1) is 18.3 Å². The number of rotatable bonds is 3. The van der Waals surface area contributed by atoms with Crippen LogP contribution in [-0.2, 0) is 18.3 Å². The number of hydrogen-bond donors (Lipinski definition) is 1. The summed E-state index contributed by atoms with van der Waals surface area (Å²) in [5.74, 6) is -0.861. The maximum atomic E-state index is 11.2. The standard InChI is InChI=1S/C16H15N3O2/c1-10-12(8-14(20)21)15(11-6-4-3-5-7-11)18-16-13(10)9-17-19(16)2/h3-7,9H,8H2,1-2H3,(H,20,21). The molecule has 0 radical (unpaired) electrons. The molecular formula is C16H15N3O2. The highest BCUT2D eigenvalue weighted by Gasteiger charge is 2.17. The molecule has 5 nitrogen and oxygen atoms in total. The SMILES string of the molecule is Cc1c(CC(=O)O)c(-c2ccccc2)nc2c1cnn2C. The third kappa shape index (κ3) is 2.27. The molecule has 0 saturated carbocycles. The van der Waals surface area contributed by atoms with E-state index in [1.165, 1.54) is 0 Å². The van der Waals surface area contributed by atoms with Crippen LogP contribution in [0.1, 0.15) is 11.1 Å². The Morgan fingerprint density at radius 3 is 2.67 bits per heavy atom. The van der Waals surface area contributed by atoms with E-state index in [0.717, 1.165) is 27.7 Å². The molecule has 0 amide bonds. The van der Waals surface area contributed by atoms with E-state index in [1.807, 2.05) is 44.3 Å². The van der Waals surface area contributed by atoms with Gasteiger partial charge < -0.3 is 5.11 Å². The highest BCUT2D eigenvalue weighted by Crippen LogP contribution is 2.29. The van der Waals surface area contributed by atoms with Crippen molar-refractivity contribution in [2.45, 2.75) is 13.3 Å². The summed E-state index contributed by atoms with van der Waals surface area (Å²) < 4.78 is 1.71. The smallest absolute Gasteiger partial charge is 0.307 e. The average molecular weight is 281 g/mol. The number of carboxylic acids is 1. The number of carbonyl (C=O) groups is 1. The molecule has 1 aromatic carbocycles. The first kappa shape index (κ1) is 13.3. The van der Waals surface area contributed by atoms with Gasteiger partial charge in [-0.2, -0.15) is 5.10 Å². The van der Waals surface area contributed by atoms with E-state index in [-0.39, 0.29) is 6.42 Å². The molecule has 0 aliphatic heterocycles. The number of aliphatic carboxylic acids is 1. The minimum Gasteiger partial charge on any atom is -0.481 e. The number of fused-ring (bicyclic) bond motifs is 1. The van der Waals surface area contributed by atoms with Gasteiger partial charge in [-0.15, -0.1) is 0 Å². The van der Waals surface area contributed by atoms with Gasteiger partial charge in [0.1, 0.15) is 0 Å². The summed E-state index contributed by atoms with van der Waals surface area (Å²) in [5.41, 5.74) is 4.07. The fourth-order valence-electron chi connectivity index (χ4n) is 2.54. The Balaban J connectivity index is 2.34. The Morgan fingerprint density at radius 2 is 2.00 bits per heavy atom. The van der Waals surface area contributed by atoms with Crippen LogP contribution >= 0.6 is 0 Å². The van der Waals surface area contributed by atoms with Crippen molar-refractivity contribution in [2.75, 3.05) is 0 Å². The number of benzene rings is 1. The van der Waals surface area contributed by atoms with Gasteiger partial charge in [0.25, 0.3) is 0 Å². The second kappa shape index (κ2) is 5.01. The van der Waals surface area contributed by atoms with Crippen LogP contribution in [0.25, 0.3) is 22.3 Å². The lowest BCUT2D eigenvalue weighted by molar-refractivity contribution is -0.136. The molecule has 0 spiro atoms. The molecule has 106 valence electrons. The maximum Gasteiger partial charge on any atom is 0.307 e. The van der Waals surface area contributed by atoms with Crippen LogP contribution in [0.2, 0.25) is 0 Å². The van der Waals surface area contributed by atoms with E-state index in [2.05, 4.69) is 10.1 Å². The van der Waals surface area contributed by atoms with Crippen LogP contribution < -0.4 is 0 Å². The van der Waals surface area contributed by atoms with Gasteiger partial charge in [0.2, 0.25) is 0 Å². The zero-order valence-corrected chi connectivity index (χ0v) is 11.9. The predicted octanol–water partition coefficient (Wildman–Crippen LogP) is 2.57. The molecule has 0 bridgehead atoms. The topological polar surface area (TPSA) is 68.0 Å². The molecule has 3 rings (SSSR count). The van der Waals surface area contributed by atoms with E-state index in [1.54, 1.807) is 10.9 Å². The number of aromatic nitrogens is 3. The largest absolute Gasteiger partial charge is 0.481 e. The zero-order valence-electron chi connectivity index (χ0n) is 11.9. The minimum atomic E-state index is -0.861. The zero-order chi connectivity index (χ0) is 15.0. The van der Waals surface area contributed by atoms with Crippen LogP contribution in [0.4, 0.5) is 0 Å². The lowest BCUT2D eigenvalue weighted by Crippen LogP contribution is -2.07. The molecule has 3 aromatic rings. The molecule has 0 aliphatic carbocycles. The van der Waals surface area contributed by atoms with E-state index >= 15 is 0 Å². The van der Waals surface area contributed by atoms with Crippen molar-refractivity contribution in [1.82, 2.24) is 14.8 Å². The number of aryl methyl sites for hydroxylation is 2. The lowest BCUT2D eigenvalue weighted by Gasteiger charge is -2.12. The van der Waals surface area contributed by atoms with Gasteiger partial charge in [-0.25, -0.2) is 4.98 Å². The Kier molecular flexibility index (Phi) is 3.17. The molecule has 0 saturated heterocycles. The maximum absolute atomic E-state index is 11.2. The van der Waals surface area contributed by atoms with Crippen molar-refractivity contribution < 1.29 is 9.90 Å². The Bertz CT molecular complexity index is 822. The van der Waals surface area contributed by atoms with Gasteiger partial charge in [-0.3, -0.25) is 9.48 Å². The van der Waals surface area contributed by atoms with E-state index in [9.17, 15) is 9.90 Å². The molecule has 0 unspecified atom stereocenters. The second-order valence-electron chi connectivity index (χ2n) is 5.01. The Morgan fingerprint density at radius 1 is 1.29 bits per heavy atom. The van der Waals surface area contributed by atoms with Crippen LogP contribution in [0.3, 0.4) is 0 Å². The number of nitrogens with zero attached hydrogens (tertiary/aromatic N) is 3. The first-order valence-corrected chi connectivity index (χ1v) is 6.66. The third-order valence-electron chi connectivity index (χ3n) is 3.64. The number of carboxylic acid groups (broad SMARTS) is 1. The highest BCUT2D eigenvalue weighted by molar-refractivity contribution is 5.87. The quantitative estimate of drug-likeness (QED) is 0.801. The van der Waals surface area contributed by atoms with Crippen molar-refractivity contribution in [2.24, 2.45) is 7.05 Å². The first-order valence-electron chi connectivity index (χ1n) is 6.66. The monoisotopic (exact) mass is 281 g/mol. The van der Waals surface area contributed by atoms with Gasteiger partial charge in [0.15, 0.2) is 5.65 Å². The summed E-state index contributed by atoms with van der Waals surface area (Å²) in [6.07, 6.45) is 1.69. The summed E-state index contributed by atoms with van der Waals surface area (Å²) in [6, 6.07) is 9.65. The van der Waals surface area contributed by atoms with Gasteiger partial charge in [-0.1, -0.05) is 30.3 Å². The summed E-state index contributed by atoms with van der Waals surface area (Å²) in [4.78, 5) is 15.9. The van der Waals surface area contributed by atoms with Gasteiger partial charge in [0, 0.05) is 18.0 Å². The van der Waals surface area contributed by atoms with Crippen LogP contribution in [0.5, 0.6) is 0 Å². The van der Waals surface area contributed by atoms with Crippen molar-refractivity contribution in [3.05, 3.63) is 47.7 Å². The molecule has 21 heavy (non-hydrogen) atoms. The van der Waals surface area contributed by atoms with E-state index in [4.69, 9.17) is 0 Å². The lowest BCUT2D eigenvalue weighted by atomic mass is 9.97. The van der Waals surface area contributed by atoms with Crippen molar-refractivity contribution in [1.29, 1.82) is 0 Å². The molecule has 2 heterocycles. The fraction of sp³-hybridized carbons (Fsp3) is 0.188. The molecule has 0 fully saturated rings. The van der Waals surface area contributed by atoms with Crippen LogP contribution in [0, 0.1) is 6.92 Å². The van der Waals surface area contributed by atoms with Gasteiger partial charge >= 0.3 is 5.97 Å². The Labute approximate surface area is 121 Å². The van der Waals surface area contributed by atoms with Gasteiger partial charge in [-0.05, 0) is 18.1 Å². The normalized spacial score (nSPS) is 11.0. The average Bonchev–Trinajstić information content (AvgIpc) is 2.84. The first-order chi connectivity index (χ1) is 10.1. The molecule has 2 aromatic heterocycles. The predicted molar refractivity (Wildman–Crippen MR) is 80.0 cm³/mol. The van der Waals surface area contributed by atoms with E-state index < -0.39 is 5.97 Å². The van der Waals surface area contributed by atoms with E-state index in [0.29, 0.717) is 5.69 Å². The second-order valence-corrected chi connectivity index (χ2v) is 5.01. The van der Waals surface area contributed by atoms with Crippen LogP contribution in [0.15, 0.2) is 36.5 Å². The molecule has 5 heteroatoms. The van der Waals surface area contributed by atoms with Crippen LogP contribution in [-0.4, -0.2) is 25.8 Å². The summed E-state index contributed by atoms with van der Waals surface area (Å²) >= 11 is 0. The highest BCUT2D eigenvalue weighted by atomic mass is 16.4. The summed E-state index contributed by atoms with van der Waals surface area (Å²) in [7, 11) is 1.83. The molecular weight excluding hydrogens is 266 g/mol. The summed E-state index contributed by atoms with van der Waals surface area (Å²) in [6.45, 7) is 1.93. The fourth-order valence-corrected chi connectivity index (χ4v) is 2.54. The third-order valence-corrected chi connectivity index (χ3v) is 3.64. The van der Waals surface area contributed by atoms with Crippen molar-refractivity contribution >= 4 is 17.0 Å². The molecule has 1 N–H and O–H groups in total.